The van der Waals surface area contributed by atoms with Crippen LogP contribution in [0.25, 0.3) is 0 Å². The van der Waals surface area contributed by atoms with Crippen molar-refractivity contribution in [2.45, 2.75) is 26.5 Å². The third kappa shape index (κ3) is 3.05. The predicted molar refractivity (Wildman–Crippen MR) is 70.2 cm³/mol. The van der Waals surface area contributed by atoms with Crippen molar-refractivity contribution in [1.29, 1.82) is 0 Å². The maximum Gasteiger partial charge on any atom is 0.124 e. The molecule has 1 unspecified atom stereocenters. The Hall–Kier alpha value is -1.39. The Kier molecular flexibility index (Phi) is 3.76. The predicted octanol–water partition coefficient (Wildman–Crippen LogP) is 3.05. The monoisotopic (exact) mass is 248 g/mol. The minimum atomic E-state index is -0.0219. The maximum atomic E-state index is 5.94. The van der Waals surface area contributed by atoms with E-state index in [2.05, 4.69) is 18.0 Å². The van der Waals surface area contributed by atoms with Crippen molar-refractivity contribution in [3.63, 3.8) is 0 Å². The van der Waals surface area contributed by atoms with E-state index in [1.165, 1.54) is 5.56 Å². The van der Waals surface area contributed by atoms with Crippen molar-refractivity contribution < 1.29 is 4.74 Å². The van der Waals surface area contributed by atoms with Gasteiger partial charge in [-0.1, -0.05) is 17.7 Å². The molecule has 0 saturated heterocycles. The first-order chi connectivity index (χ1) is 8.16. The number of aryl methyl sites for hydroxylation is 1. The SMILES string of the molecule is Cc1ccc(OCc2cncs2)c(C(C)N)c1. The number of thiazole rings is 1. The summed E-state index contributed by atoms with van der Waals surface area (Å²) >= 11 is 1.59. The van der Waals surface area contributed by atoms with Crippen molar-refractivity contribution in [3.8, 4) is 5.75 Å². The van der Waals surface area contributed by atoms with E-state index in [4.69, 9.17) is 10.5 Å². The Balaban J connectivity index is 2.14. The first kappa shape index (κ1) is 12.1. The lowest BCUT2D eigenvalue weighted by Crippen LogP contribution is -2.08. The molecule has 1 atom stereocenters. The van der Waals surface area contributed by atoms with E-state index in [9.17, 15) is 0 Å². The topological polar surface area (TPSA) is 48.1 Å². The van der Waals surface area contributed by atoms with Crippen molar-refractivity contribution in [2.75, 3.05) is 0 Å². The molecular weight excluding hydrogens is 232 g/mol. The second-order valence-corrected chi connectivity index (χ2v) is 5.06. The number of nitrogens with zero attached hydrogens (tertiary/aromatic N) is 1. The smallest absolute Gasteiger partial charge is 0.124 e. The summed E-state index contributed by atoms with van der Waals surface area (Å²) in [5, 5.41) is 0. The van der Waals surface area contributed by atoms with Gasteiger partial charge in [-0.3, -0.25) is 4.98 Å². The normalized spacial score (nSPS) is 12.4. The zero-order valence-corrected chi connectivity index (χ0v) is 10.8. The highest BCUT2D eigenvalue weighted by atomic mass is 32.1. The van der Waals surface area contributed by atoms with Gasteiger partial charge in [0.25, 0.3) is 0 Å². The molecule has 1 aromatic carbocycles. The van der Waals surface area contributed by atoms with Gasteiger partial charge < -0.3 is 10.5 Å². The summed E-state index contributed by atoms with van der Waals surface area (Å²) in [5.41, 5.74) is 10.00. The van der Waals surface area contributed by atoms with E-state index < -0.39 is 0 Å². The summed E-state index contributed by atoms with van der Waals surface area (Å²) in [6, 6.07) is 6.07. The number of benzene rings is 1. The molecule has 0 aliphatic carbocycles. The molecule has 2 N–H and O–H groups in total. The van der Waals surface area contributed by atoms with Crippen LogP contribution in [0.5, 0.6) is 5.75 Å². The average molecular weight is 248 g/mol. The van der Waals surface area contributed by atoms with Gasteiger partial charge in [-0.15, -0.1) is 11.3 Å². The fourth-order valence-electron chi connectivity index (χ4n) is 1.62. The molecule has 0 aliphatic rings. The number of rotatable bonds is 4. The molecule has 2 aromatic rings. The maximum absolute atomic E-state index is 5.94. The van der Waals surface area contributed by atoms with Crippen LogP contribution >= 0.6 is 11.3 Å². The van der Waals surface area contributed by atoms with Crippen LogP contribution in [0.3, 0.4) is 0 Å². The van der Waals surface area contributed by atoms with Crippen molar-refractivity contribution in [2.24, 2.45) is 5.73 Å². The van der Waals surface area contributed by atoms with Gasteiger partial charge in [-0.05, 0) is 19.9 Å². The molecule has 0 saturated carbocycles. The molecule has 90 valence electrons. The highest BCUT2D eigenvalue weighted by Gasteiger charge is 2.08. The minimum Gasteiger partial charge on any atom is -0.488 e. The Bertz CT molecular complexity index is 480. The van der Waals surface area contributed by atoms with E-state index in [-0.39, 0.29) is 6.04 Å². The first-order valence-corrected chi connectivity index (χ1v) is 6.41. The molecule has 1 heterocycles. The molecule has 4 heteroatoms. The highest BCUT2D eigenvalue weighted by molar-refractivity contribution is 7.09. The molecule has 3 nitrogen and oxygen atoms in total. The summed E-state index contributed by atoms with van der Waals surface area (Å²) in [5.74, 6) is 0.860. The number of hydrogen-bond donors (Lipinski definition) is 1. The summed E-state index contributed by atoms with van der Waals surface area (Å²) in [6.07, 6.45) is 1.82. The third-order valence-electron chi connectivity index (χ3n) is 2.51. The molecule has 0 aliphatic heterocycles. The Morgan fingerprint density at radius 3 is 2.94 bits per heavy atom. The third-order valence-corrected chi connectivity index (χ3v) is 3.26. The van der Waals surface area contributed by atoms with Gasteiger partial charge in [-0.2, -0.15) is 0 Å². The van der Waals surface area contributed by atoms with Crippen molar-refractivity contribution in [1.82, 2.24) is 4.98 Å². The first-order valence-electron chi connectivity index (χ1n) is 5.53. The zero-order chi connectivity index (χ0) is 12.3. The Morgan fingerprint density at radius 2 is 2.29 bits per heavy atom. The Labute approximate surface area is 105 Å². The van der Waals surface area contributed by atoms with Gasteiger partial charge in [0.1, 0.15) is 12.4 Å². The van der Waals surface area contributed by atoms with E-state index in [0.29, 0.717) is 6.61 Å². The van der Waals surface area contributed by atoms with Crippen LogP contribution in [0.15, 0.2) is 29.9 Å². The average Bonchev–Trinajstić information content (AvgIpc) is 2.80. The zero-order valence-electron chi connectivity index (χ0n) is 10.0. The molecule has 17 heavy (non-hydrogen) atoms. The van der Waals surface area contributed by atoms with Gasteiger partial charge in [0.05, 0.1) is 10.4 Å². The fourth-order valence-corrected chi connectivity index (χ4v) is 2.12. The van der Waals surface area contributed by atoms with Crippen molar-refractivity contribution in [3.05, 3.63) is 45.9 Å². The lowest BCUT2D eigenvalue weighted by atomic mass is 10.1. The van der Waals surface area contributed by atoms with E-state index >= 15 is 0 Å². The lowest BCUT2D eigenvalue weighted by molar-refractivity contribution is 0.304. The summed E-state index contributed by atoms with van der Waals surface area (Å²) in [4.78, 5) is 5.13. The van der Waals surface area contributed by atoms with Gasteiger partial charge in [0.15, 0.2) is 0 Å². The number of ether oxygens (including phenoxy) is 1. The van der Waals surface area contributed by atoms with E-state index in [1.807, 2.05) is 25.3 Å². The van der Waals surface area contributed by atoms with E-state index in [0.717, 1.165) is 16.2 Å². The highest BCUT2D eigenvalue weighted by Crippen LogP contribution is 2.26. The number of hydrogen-bond acceptors (Lipinski definition) is 4. The standard InChI is InChI=1S/C13H16N2OS/c1-9-3-4-13(12(5-9)10(2)14)16-7-11-6-15-8-17-11/h3-6,8,10H,7,14H2,1-2H3. The summed E-state index contributed by atoms with van der Waals surface area (Å²) in [7, 11) is 0. The van der Waals surface area contributed by atoms with Gasteiger partial charge in [0, 0.05) is 17.8 Å². The molecule has 0 amide bonds. The van der Waals surface area contributed by atoms with Crippen LogP contribution in [-0.2, 0) is 6.61 Å². The van der Waals surface area contributed by atoms with E-state index in [1.54, 1.807) is 16.8 Å². The van der Waals surface area contributed by atoms with Crippen LogP contribution in [-0.4, -0.2) is 4.98 Å². The van der Waals surface area contributed by atoms with Gasteiger partial charge in [0.2, 0.25) is 0 Å². The minimum absolute atomic E-state index is 0.0219. The molecule has 1 aromatic heterocycles. The molecule has 0 radical (unpaired) electrons. The Morgan fingerprint density at radius 1 is 1.47 bits per heavy atom. The second-order valence-electron chi connectivity index (χ2n) is 4.09. The van der Waals surface area contributed by atoms with Crippen LogP contribution in [0.2, 0.25) is 0 Å². The van der Waals surface area contributed by atoms with Crippen LogP contribution in [0.1, 0.15) is 29.0 Å². The molecule has 0 fully saturated rings. The lowest BCUT2D eigenvalue weighted by Gasteiger charge is -2.14. The molecule has 0 spiro atoms. The van der Waals surface area contributed by atoms with Crippen molar-refractivity contribution >= 4 is 11.3 Å². The number of aromatic nitrogens is 1. The van der Waals surface area contributed by atoms with Gasteiger partial charge >= 0.3 is 0 Å². The summed E-state index contributed by atoms with van der Waals surface area (Å²) in [6.45, 7) is 4.57. The molecule has 2 rings (SSSR count). The number of nitrogens with two attached hydrogens (primary N) is 1. The van der Waals surface area contributed by atoms with Crippen LogP contribution in [0, 0.1) is 6.92 Å². The fraction of sp³-hybridized carbons (Fsp3) is 0.308. The largest absolute Gasteiger partial charge is 0.488 e. The quantitative estimate of drug-likeness (QED) is 0.904. The second kappa shape index (κ2) is 5.29. The van der Waals surface area contributed by atoms with Crippen LogP contribution in [0.4, 0.5) is 0 Å². The van der Waals surface area contributed by atoms with Gasteiger partial charge in [-0.25, -0.2) is 0 Å². The molecular formula is C13H16N2OS. The van der Waals surface area contributed by atoms with Crippen LogP contribution < -0.4 is 10.5 Å². The molecule has 0 bridgehead atoms. The summed E-state index contributed by atoms with van der Waals surface area (Å²) < 4.78 is 5.79.